The molecule has 1 atom stereocenters. The maximum Gasteiger partial charge on any atom is 0.243 e. The van der Waals surface area contributed by atoms with Crippen molar-refractivity contribution < 1.29 is 16.8 Å². The Morgan fingerprint density at radius 3 is 2.00 bits per heavy atom. The summed E-state index contributed by atoms with van der Waals surface area (Å²) in [5, 5.41) is 0. The van der Waals surface area contributed by atoms with E-state index in [1.54, 1.807) is 0 Å². The van der Waals surface area contributed by atoms with Gasteiger partial charge in [0.05, 0.1) is 9.79 Å². The van der Waals surface area contributed by atoms with Gasteiger partial charge in [-0.1, -0.05) is 0 Å². The van der Waals surface area contributed by atoms with Crippen LogP contribution in [-0.2, 0) is 19.9 Å². The molecular formula is C12H17NO4S2. The van der Waals surface area contributed by atoms with Gasteiger partial charge < -0.3 is 0 Å². The molecule has 2 rings (SSSR count). The molecular weight excluding hydrogens is 286 g/mol. The van der Waals surface area contributed by atoms with Crippen LogP contribution in [0.15, 0.2) is 34.1 Å². The van der Waals surface area contributed by atoms with Gasteiger partial charge in [0, 0.05) is 18.8 Å². The van der Waals surface area contributed by atoms with Gasteiger partial charge in [0.15, 0.2) is 9.84 Å². The highest BCUT2D eigenvalue weighted by molar-refractivity contribution is 7.90. The molecule has 0 N–H and O–H groups in total. The van der Waals surface area contributed by atoms with E-state index in [1.165, 1.54) is 28.6 Å². The lowest BCUT2D eigenvalue weighted by molar-refractivity contribution is 0.408. The monoisotopic (exact) mass is 303 g/mol. The van der Waals surface area contributed by atoms with E-state index in [9.17, 15) is 16.8 Å². The minimum absolute atomic E-state index is 0.000385. The first-order valence-corrected chi connectivity index (χ1v) is 9.38. The summed E-state index contributed by atoms with van der Waals surface area (Å²) >= 11 is 0. The topological polar surface area (TPSA) is 71.5 Å². The number of sulfone groups is 1. The van der Waals surface area contributed by atoms with Crippen LogP contribution in [-0.4, -0.2) is 40.0 Å². The maximum absolute atomic E-state index is 12.4. The molecule has 0 unspecified atom stereocenters. The molecule has 1 heterocycles. The molecule has 19 heavy (non-hydrogen) atoms. The summed E-state index contributed by atoms with van der Waals surface area (Å²) in [6.07, 6.45) is 2.82. The van der Waals surface area contributed by atoms with E-state index in [0.29, 0.717) is 6.54 Å². The highest BCUT2D eigenvalue weighted by Crippen LogP contribution is 2.26. The van der Waals surface area contributed by atoms with E-state index in [0.717, 1.165) is 19.1 Å². The smallest absolute Gasteiger partial charge is 0.224 e. The number of hydrogen-bond donors (Lipinski definition) is 0. The normalized spacial score (nSPS) is 21.7. The highest BCUT2D eigenvalue weighted by Gasteiger charge is 2.32. The van der Waals surface area contributed by atoms with Crippen LogP contribution in [0.4, 0.5) is 0 Å². The number of sulfonamides is 1. The minimum atomic E-state index is -3.51. The zero-order valence-electron chi connectivity index (χ0n) is 10.9. The molecule has 0 spiro atoms. The van der Waals surface area contributed by atoms with E-state index in [1.807, 2.05) is 6.92 Å². The second-order valence-electron chi connectivity index (χ2n) is 4.85. The fraction of sp³-hybridized carbons (Fsp3) is 0.500. The molecule has 1 aliphatic heterocycles. The first-order valence-electron chi connectivity index (χ1n) is 6.05. The Labute approximate surface area is 114 Å². The van der Waals surface area contributed by atoms with Gasteiger partial charge in [-0.25, -0.2) is 16.8 Å². The van der Waals surface area contributed by atoms with Crippen LogP contribution in [0, 0.1) is 0 Å². The van der Waals surface area contributed by atoms with Crippen LogP contribution in [0.1, 0.15) is 19.8 Å². The van der Waals surface area contributed by atoms with Crippen molar-refractivity contribution in [2.75, 3.05) is 12.8 Å². The molecule has 0 aliphatic carbocycles. The molecule has 1 aromatic carbocycles. The molecule has 0 radical (unpaired) electrons. The summed E-state index contributed by atoms with van der Waals surface area (Å²) in [5.41, 5.74) is 0. The average molecular weight is 303 g/mol. The van der Waals surface area contributed by atoms with Crippen molar-refractivity contribution in [3.05, 3.63) is 24.3 Å². The SMILES string of the molecule is C[C@@H]1CCCN1S(=O)(=O)c1ccc(S(C)(=O)=O)cc1. The van der Waals surface area contributed by atoms with Gasteiger partial charge >= 0.3 is 0 Å². The van der Waals surface area contributed by atoms with Gasteiger partial charge in [0.2, 0.25) is 10.0 Å². The third-order valence-corrected chi connectivity index (χ3v) is 6.51. The zero-order valence-corrected chi connectivity index (χ0v) is 12.5. The van der Waals surface area contributed by atoms with Crippen LogP contribution in [0.3, 0.4) is 0 Å². The number of benzene rings is 1. The van der Waals surface area contributed by atoms with Crippen molar-refractivity contribution in [3.8, 4) is 0 Å². The molecule has 7 heteroatoms. The predicted octanol–water partition coefficient (Wildman–Crippen LogP) is 1.26. The summed E-state index contributed by atoms with van der Waals surface area (Å²) < 4.78 is 48.9. The van der Waals surface area contributed by atoms with E-state index in [2.05, 4.69) is 0 Å². The first kappa shape index (κ1) is 14.5. The van der Waals surface area contributed by atoms with Crippen LogP contribution >= 0.6 is 0 Å². The summed E-state index contributed by atoms with van der Waals surface area (Å²) in [4.78, 5) is 0.273. The van der Waals surface area contributed by atoms with Crippen molar-refractivity contribution in [3.63, 3.8) is 0 Å². The Hall–Kier alpha value is -0.920. The summed E-state index contributed by atoms with van der Waals surface area (Å²) in [5.74, 6) is 0. The highest BCUT2D eigenvalue weighted by atomic mass is 32.2. The number of nitrogens with zero attached hydrogens (tertiary/aromatic N) is 1. The Kier molecular flexibility index (Phi) is 3.72. The first-order chi connectivity index (χ1) is 8.73. The third-order valence-electron chi connectivity index (χ3n) is 3.35. The molecule has 0 amide bonds. The van der Waals surface area contributed by atoms with Crippen LogP contribution in [0.5, 0.6) is 0 Å². The lowest BCUT2D eigenvalue weighted by Gasteiger charge is -2.20. The van der Waals surface area contributed by atoms with Crippen LogP contribution in [0.2, 0.25) is 0 Å². The summed E-state index contributed by atoms with van der Waals surface area (Å²) in [7, 11) is -6.81. The van der Waals surface area contributed by atoms with Crippen LogP contribution in [0.25, 0.3) is 0 Å². The van der Waals surface area contributed by atoms with E-state index < -0.39 is 19.9 Å². The maximum atomic E-state index is 12.4. The second kappa shape index (κ2) is 4.88. The average Bonchev–Trinajstić information content (AvgIpc) is 2.75. The van der Waals surface area contributed by atoms with Gasteiger partial charge in [-0.2, -0.15) is 4.31 Å². The van der Waals surface area contributed by atoms with Gasteiger partial charge in [-0.3, -0.25) is 0 Å². The van der Waals surface area contributed by atoms with E-state index in [-0.39, 0.29) is 15.8 Å². The van der Waals surface area contributed by atoms with Crippen LogP contribution < -0.4 is 0 Å². The van der Waals surface area contributed by atoms with Gasteiger partial charge in [0.1, 0.15) is 0 Å². The fourth-order valence-electron chi connectivity index (χ4n) is 2.26. The van der Waals surface area contributed by atoms with Crippen molar-refractivity contribution in [2.24, 2.45) is 0 Å². The summed E-state index contributed by atoms with van der Waals surface area (Å²) in [6.45, 7) is 2.41. The Morgan fingerprint density at radius 2 is 1.58 bits per heavy atom. The third kappa shape index (κ3) is 2.82. The lowest BCUT2D eigenvalue weighted by Crippen LogP contribution is -2.33. The standard InChI is InChI=1S/C12H17NO4S2/c1-10-4-3-9-13(10)19(16,17)12-7-5-11(6-8-12)18(2,14)15/h5-8,10H,3-4,9H2,1-2H3/t10-/m1/s1. The largest absolute Gasteiger partial charge is 0.243 e. The molecule has 1 saturated heterocycles. The number of hydrogen-bond acceptors (Lipinski definition) is 4. The molecule has 0 aromatic heterocycles. The molecule has 0 bridgehead atoms. The van der Waals surface area contributed by atoms with E-state index in [4.69, 9.17) is 0 Å². The zero-order chi connectivity index (χ0) is 14.3. The quantitative estimate of drug-likeness (QED) is 0.843. The van der Waals surface area contributed by atoms with Gasteiger partial charge in [-0.05, 0) is 44.0 Å². The van der Waals surface area contributed by atoms with E-state index >= 15 is 0 Å². The lowest BCUT2D eigenvalue weighted by atomic mass is 10.3. The molecule has 1 fully saturated rings. The van der Waals surface area contributed by atoms with Crippen molar-refractivity contribution in [1.82, 2.24) is 4.31 Å². The van der Waals surface area contributed by atoms with Crippen molar-refractivity contribution >= 4 is 19.9 Å². The minimum Gasteiger partial charge on any atom is -0.224 e. The Bertz CT molecular complexity index is 662. The van der Waals surface area contributed by atoms with Gasteiger partial charge in [-0.15, -0.1) is 0 Å². The van der Waals surface area contributed by atoms with Crippen molar-refractivity contribution in [1.29, 1.82) is 0 Å². The fourth-order valence-corrected chi connectivity index (χ4v) is 4.59. The number of rotatable bonds is 3. The predicted molar refractivity (Wildman–Crippen MR) is 72.1 cm³/mol. The van der Waals surface area contributed by atoms with Crippen molar-refractivity contribution in [2.45, 2.75) is 35.6 Å². The van der Waals surface area contributed by atoms with Gasteiger partial charge in [0.25, 0.3) is 0 Å². The molecule has 1 aliphatic rings. The Morgan fingerprint density at radius 1 is 1.05 bits per heavy atom. The summed E-state index contributed by atoms with van der Waals surface area (Å²) in [6, 6.07) is 5.39. The molecule has 0 saturated carbocycles. The molecule has 1 aromatic rings. The molecule has 5 nitrogen and oxygen atoms in total. The Balaban J connectivity index is 2.37. The second-order valence-corrected chi connectivity index (χ2v) is 8.76. The molecule has 106 valence electrons.